The van der Waals surface area contributed by atoms with Crippen LogP contribution in [0.1, 0.15) is 12.8 Å². The third-order valence-electron chi connectivity index (χ3n) is 2.18. The number of hydrogen-bond acceptors (Lipinski definition) is 3. The van der Waals surface area contributed by atoms with E-state index < -0.39 is 5.97 Å². The molecule has 0 spiro atoms. The van der Waals surface area contributed by atoms with Gasteiger partial charge >= 0.3 is 5.97 Å². The summed E-state index contributed by atoms with van der Waals surface area (Å²) in [6.07, 6.45) is 1.11. The molecule has 1 fully saturated rings. The quantitative estimate of drug-likeness (QED) is 0.606. The summed E-state index contributed by atoms with van der Waals surface area (Å²) in [5, 5.41) is 8.55. The lowest BCUT2D eigenvalue weighted by Gasteiger charge is -2.36. The fraction of sp³-hybridized carbons (Fsp3) is 0.750. The third-order valence-corrected chi connectivity index (χ3v) is 2.18. The summed E-state index contributed by atoms with van der Waals surface area (Å²) in [6, 6.07) is 0. The van der Waals surface area contributed by atoms with Crippen molar-refractivity contribution in [1.82, 2.24) is 4.90 Å². The molecule has 0 aromatic carbocycles. The van der Waals surface area contributed by atoms with Gasteiger partial charge in [0.25, 0.3) is 0 Å². The van der Waals surface area contributed by atoms with Crippen LogP contribution in [0.25, 0.3) is 0 Å². The number of amides is 1. The van der Waals surface area contributed by atoms with Gasteiger partial charge in [-0.05, 0) is 13.0 Å². The zero-order valence-electron chi connectivity index (χ0n) is 7.40. The van der Waals surface area contributed by atoms with Gasteiger partial charge in [0.1, 0.15) is 0 Å². The Morgan fingerprint density at radius 2 is 2.08 bits per heavy atom. The molecule has 1 aliphatic rings. The minimum atomic E-state index is -0.817. The Morgan fingerprint density at radius 1 is 1.46 bits per heavy atom. The lowest BCUT2D eigenvalue weighted by atomic mass is 10.00. The van der Waals surface area contributed by atoms with E-state index in [-0.39, 0.29) is 11.8 Å². The Hall–Kier alpha value is -1.10. The second-order valence-electron chi connectivity index (χ2n) is 3.23. The normalized spacial score (nSPS) is 16.8. The highest BCUT2D eigenvalue weighted by molar-refractivity contribution is 5.80. The van der Waals surface area contributed by atoms with Crippen LogP contribution in [0.5, 0.6) is 0 Å². The molecular weight excluding hydrogens is 172 g/mol. The van der Waals surface area contributed by atoms with E-state index in [4.69, 9.17) is 10.8 Å². The summed E-state index contributed by atoms with van der Waals surface area (Å²) < 4.78 is 0. The van der Waals surface area contributed by atoms with E-state index in [1.165, 1.54) is 0 Å². The molecule has 0 aromatic heterocycles. The number of hydrogen-bond donors (Lipinski definition) is 2. The topological polar surface area (TPSA) is 83.6 Å². The first-order chi connectivity index (χ1) is 6.15. The first-order valence-electron chi connectivity index (χ1n) is 4.35. The zero-order valence-corrected chi connectivity index (χ0v) is 7.40. The lowest BCUT2D eigenvalue weighted by Crippen LogP contribution is -2.53. The largest absolute Gasteiger partial charge is 0.481 e. The van der Waals surface area contributed by atoms with Gasteiger partial charge in [-0.15, -0.1) is 0 Å². The summed E-state index contributed by atoms with van der Waals surface area (Å²) in [5.41, 5.74) is 5.25. The number of aliphatic carboxylic acids is 1. The summed E-state index contributed by atoms with van der Waals surface area (Å²) in [6.45, 7) is 1.22. The molecule has 1 aliphatic heterocycles. The second kappa shape index (κ2) is 4.23. The van der Waals surface area contributed by atoms with Gasteiger partial charge in [0.15, 0.2) is 0 Å². The Bertz CT molecular complexity index is 211. The van der Waals surface area contributed by atoms with Gasteiger partial charge in [0.2, 0.25) is 5.91 Å². The maximum Gasteiger partial charge on any atom is 0.310 e. The molecule has 0 aromatic rings. The molecule has 0 unspecified atom stereocenters. The van der Waals surface area contributed by atoms with Crippen LogP contribution in [0.2, 0.25) is 0 Å². The fourth-order valence-corrected chi connectivity index (χ4v) is 1.25. The van der Waals surface area contributed by atoms with Crippen molar-refractivity contribution in [3.63, 3.8) is 0 Å². The first-order valence-corrected chi connectivity index (χ1v) is 4.35. The SMILES string of the molecule is NCCCC(=O)N1CC(C(=O)O)C1. The van der Waals surface area contributed by atoms with Gasteiger partial charge in [0, 0.05) is 19.5 Å². The molecule has 0 radical (unpaired) electrons. The fourth-order valence-electron chi connectivity index (χ4n) is 1.25. The Kier molecular flexibility index (Phi) is 3.25. The van der Waals surface area contributed by atoms with Gasteiger partial charge in [-0.1, -0.05) is 0 Å². The molecule has 5 heteroatoms. The van der Waals surface area contributed by atoms with Crippen molar-refractivity contribution < 1.29 is 14.7 Å². The van der Waals surface area contributed by atoms with Crippen molar-refractivity contribution >= 4 is 11.9 Å². The number of carbonyl (C=O) groups excluding carboxylic acids is 1. The maximum atomic E-state index is 11.2. The molecule has 3 N–H and O–H groups in total. The number of nitrogens with two attached hydrogens (primary N) is 1. The number of likely N-dealkylation sites (tertiary alicyclic amines) is 1. The minimum Gasteiger partial charge on any atom is -0.481 e. The smallest absolute Gasteiger partial charge is 0.310 e. The van der Waals surface area contributed by atoms with E-state index in [0.29, 0.717) is 32.5 Å². The minimum absolute atomic E-state index is 0.0166. The van der Waals surface area contributed by atoms with Crippen LogP contribution in [0.15, 0.2) is 0 Å². The van der Waals surface area contributed by atoms with Crippen molar-refractivity contribution in [3.8, 4) is 0 Å². The molecule has 0 aliphatic carbocycles. The Morgan fingerprint density at radius 3 is 2.54 bits per heavy atom. The van der Waals surface area contributed by atoms with Gasteiger partial charge in [-0.3, -0.25) is 9.59 Å². The van der Waals surface area contributed by atoms with Crippen molar-refractivity contribution in [1.29, 1.82) is 0 Å². The van der Waals surface area contributed by atoms with Crippen LogP contribution in [0.3, 0.4) is 0 Å². The second-order valence-corrected chi connectivity index (χ2v) is 3.23. The van der Waals surface area contributed by atoms with Gasteiger partial charge in [-0.25, -0.2) is 0 Å². The molecule has 74 valence electrons. The molecular formula is C8H14N2O3. The standard InChI is InChI=1S/C8H14N2O3/c9-3-1-2-7(11)10-4-6(5-10)8(12)13/h6H,1-5,9H2,(H,12,13). The summed E-state index contributed by atoms with van der Waals surface area (Å²) in [5.74, 6) is -1.16. The first kappa shape index (κ1) is 9.98. The predicted molar refractivity (Wildman–Crippen MR) is 46.0 cm³/mol. The summed E-state index contributed by atoms with van der Waals surface area (Å²) in [4.78, 5) is 23.2. The van der Waals surface area contributed by atoms with Crippen LogP contribution in [0, 0.1) is 5.92 Å². The maximum absolute atomic E-state index is 11.2. The summed E-state index contributed by atoms with van der Waals surface area (Å²) >= 11 is 0. The Balaban J connectivity index is 2.19. The average molecular weight is 186 g/mol. The van der Waals surface area contributed by atoms with Crippen molar-refractivity contribution in [3.05, 3.63) is 0 Å². The number of carboxylic acids is 1. The monoisotopic (exact) mass is 186 g/mol. The lowest BCUT2D eigenvalue weighted by molar-refractivity contribution is -0.152. The van der Waals surface area contributed by atoms with Crippen molar-refractivity contribution in [2.24, 2.45) is 11.7 Å². The third kappa shape index (κ3) is 2.42. The zero-order chi connectivity index (χ0) is 9.84. The molecule has 0 saturated carbocycles. The molecule has 0 atom stereocenters. The molecule has 1 amide bonds. The van der Waals surface area contributed by atoms with E-state index in [9.17, 15) is 9.59 Å². The van der Waals surface area contributed by atoms with E-state index in [1.54, 1.807) is 4.90 Å². The highest BCUT2D eigenvalue weighted by Crippen LogP contribution is 2.16. The van der Waals surface area contributed by atoms with Crippen molar-refractivity contribution in [2.45, 2.75) is 12.8 Å². The highest BCUT2D eigenvalue weighted by Gasteiger charge is 2.34. The molecule has 5 nitrogen and oxygen atoms in total. The number of carboxylic acid groups (broad SMARTS) is 1. The van der Waals surface area contributed by atoms with Crippen molar-refractivity contribution in [2.75, 3.05) is 19.6 Å². The molecule has 1 rings (SSSR count). The molecule has 0 bridgehead atoms. The molecule has 1 saturated heterocycles. The Labute approximate surface area is 76.5 Å². The van der Waals surface area contributed by atoms with E-state index in [2.05, 4.69) is 0 Å². The van der Waals surface area contributed by atoms with Crippen LogP contribution in [0.4, 0.5) is 0 Å². The van der Waals surface area contributed by atoms with Crippen LogP contribution >= 0.6 is 0 Å². The highest BCUT2D eigenvalue weighted by atomic mass is 16.4. The molecule has 1 heterocycles. The number of carbonyl (C=O) groups is 2. The predicted octanol–water partition coefficient (Wildman–Crippen LogP) is -0.732. The average Bonchev–Trinajstić information content (AvgIpc) is 1.97. The molecule has 13 heavy (non-hydrogen) atoms. The van der Waals surface area contributed by atoms with Gasteiger partial charge in [0.05, 0.1) is 5.92 Å². The van der Waals surface area contributed by atoms with E-state index in [1.807, 2.05) is 0 Å². The van der Waals surface area contributed by atoms with Crippen LogP contribution in [-0.2, 0) is 9.59 Å². The van der Waals surface area contributed by atoms with Crippen LogP contribution < -0.4 is 5.73 Å². The van der Waals surface area contributed by atoms with E-state index >= 15 is 0 Å². The number of nitrogens with zero attached hydrogens (tertiary/aromatic N) is 1. The van der Waals surface area contributed by atoms with Gasteiger partial charge in [-0.2, -0.15) is 0 Å². The van der Waals surface area contributed by atoms with E-state index in [0.717, 1.165) is 0 Å². The van der Waals surface area contributed by atoms with Gasteiger partial charge < -0.3 is 15.7 Å². The summed E-state index contributed by atoms with van der Waals surface area (Å²) in [7, 11) is 0. The van der Waals surface area contributed by atoms with Crippen LogP contribution in [-0.4, -0.2) is 41.5 Å². The number of rotatable bonds is 4.